The summed E-state index contributed by atoms with van der Waals surface area (Å²) in [7, 11) is 1.89. The Morgan fingerprint density at radius 2 is 1.69 bits per heavy atom. The third-order valence-electron chi connectivity index (χ3n) is 13.1. The maximum absolute atomic E-state index is 13.7. The highest BCUT2D eigenvalue weighted by molar-refractivity contribution is 6.35. The molecular weight excluding hydrogens is 874 g/mol. The predicted octanol–water partition coefficient (Wildman–Crippen LogP) is 6.48. The molecule has 0 spiro atoms. The van der Waals surface area contributed by atoms with Crippen molar-refractivity contribution in [3.8, 4) is 22.6 Å². The topological polar surface area (TPSA) is 189 Å². The first-order valence-electron chi connectivity index (χ1n) is 22.7. The Labute approximate surface area is 392 Å². The fraction of sp³-hybridized carbons (Fsp3) is 0.360. The van der Waals surface area contributed by atoms with Crippen molar-refractivity contribution < 1.29 is 33.8 Å². The summed E-state index contributed by atoms with van der Waals surface area (Å²) in [6.45, 7) is 9.25. The number of piperazine rings is 1. The van der Waals surface area contributed by atoms with Crippen molar-refractivity contribution in [2.75, 3.05) is 45.9 Å². The van der Waals surface area contributed by atoms with Gasteiger partial charge >= 0.3 is 5.97 Å². The molecule has 7 aromatic rings. The number of carbonyl (C=O) groups is 4. The normalized spacial score (nSPS) is 15.8. The number of aryl methyl sites for hydroxylation is 4. The van der Waals surface area contributed by atoms with Crippen LogP contribution in [0.15, 0.2) is 66.7 Å². The zero-order valence-corrected chi connectivity index (χ0v) is 38.8. The van der Waals surface area contributed by atoms with Gasteiger partial charge in [0.15, 0.2) is 6.61 Å². The van der Waals surface area contributed by atoms with Gasteiger partial charge in [-0.2, -0.15) is 5.10 Å². The molecule has 9 rings (SSSR count). The number of fused-ring (bicyclic) bond motifs is 3. The number of imidazole rings is 1. The van der Waals surface area contributed by atoms with Gasteiger partial charge in [-0.25, -0.2) is 9.78 Å². The standard InChI is InChI=1S/C50H54ClN9O7/c1-29-44(30(2)57(4)56-29)45-37(51)15-14-35-34(12-8-26-66-40-13-7-10-32-9-5-6-11-33(32)40)48(50(64)65)60(47(35)45)25-22-58-20-23-59(24-21-58)43(62)28-67-41-18-16-38-46(54-31(3)53-38)36(41)27-52-39-17-19-42(61)55-49(39)63/h5-7,9-11,13-16,18,39,52H,8,12,17,19-28H2,1-4H3,(H,53,54)(H,64,65)(H,55,61,63). The van der Waals surface area contributed by atoms with Crippen molar-refractivity contribution in [1.82, 2.24) is 44.7 Å². The van der Waals surface area contributed by atoms with Crippen molar-refractivity contribution in [1.29, 1.82) is 0 Å². The van der Waals surface area contributed by atoms with Crippen molar-refractivity contribution >= 4 is 68.0 Å². The number of ether oxygens (including phenoxy) is 2. The molecule has 0 bridgehead atoms. The zero-order chi connectivity index (χ0) is 46.9. The minimum Gasteiger partial charge on any atom is -0.493 e. The average molecular weight is 928 g/mol. The molecule has 3 aromatic heterocycles. The summed E-state index contributed by atoms with van der Waals surface area (Å²) in [5, 5.41) is 24.8. The third kappa shape index (κ3) is 9.20. The van der Waals surface area contributed by atoms with Crippen molar-refractivity contribution in [2.45, 2.75) is 65.6 Å². The van der Waals surface area contributed by atoms with Gasteiger partial charge in [-0.3, -0.25) is 29.3 Å². The van der Waals surface area contributed by atoms with Crippen molar-refractivity contribution in [3.05, 3.63) is 106 Å². The lowest BCUT2D eigenvalue weighted by Gasteiger charge is -2.35. The minimum atomic E-state index is -1.02. The number of halogens is 1. The molecule has 0 radical (unpaired) electrons. The number of aromatic amines is 1. The number of rotatable bonds is 16. The van der Waals surface area contributed by atoms with Crippen LogP contribution in [0.4, 0.5) is 0 Å². The lowest BCUT2D eigenvalue weighted by molar-refractivity contribution is -0.135. The first kappa shape index (κ1) is 45.4. The molecule has 2 aliphatic heterocycles. The fourth-order valence-corrected chi connectivity index (χ4v) is 9.94. The number of H-pyrrole nitrogens is 1. The van der Waals surface area contributed by atoms with E-state index in [9.17, 15) is 24.3 Å². The van der Waals surface area contributed by atoms with Gasteiger partial charge in [0.2, 0.25) is 11.8 Å². The van der Waals surface area contributed by atoms with Gasteiger partial charge < -0.3 is 34.3 Å². The number of amides is 3. The van der Waals surface area contributed by atoms with Gasteiger partial charge in [-0.05, 0) is 75.2 Å². The summed E-state index contributed by atoms with van der Waals surface area (Å²) < 4.78 is 16.2. The molecule has 1 atom stereocenters. The number of carbonyl (C=O) groups excluding carboxylic acids is 3. The number of aromatic carboxylic acids is 1. The highest BCUT2D eigenvalue weighted by atomic mass is 35.5. The number of piperidine rings is 1. The van der Waals surface area contributed by atoms with Gasteiger partial charge in [0, 0.05) is 92.4 Å². The molecule has 5 heterocycles. The molecule has 0 aliphatic carbocycles. The smallest absolute Gasteiger partial charge is 0.352 e. The number of benzene rings is 4. The molecule has 4 aromatic carbocycles. The highest BCUT2D eigenvalue weighted by Gasteiger charge is 2.30. The second-order valence-electron chi connectivity index (χ2n) is 17.4. The van der Waals surface area contributed by atoms with Crippen LogP contribution in [0.3, 0.4) is 0 Å². The molecule has 1 unspecified atom stereocenters. The van der Waals surface area contributed by atoms with Gasteiger partial charge in [0.1, 0.15) is 23.0 Å². The number of nitrogens with one attached hydrogen (secondary N) is 3. The van der Waals surface area contributed by atoms with E-state index in [1.54, 1.807) is 11.0 Å². The van der Waals surface area contributed by atoms with Gasteiger partial charge in [0.25, 0.3) is 5.91 Å². The summed E-state index contributed by atoms with van der Waals surface area (Å²) >= 11 is 7.09. The zero-order valence-electron chi connectivity index (χ0n) is 38.1. The van der Waals surface area contributed by atoms with Crippen LogP contribution in [-0.2, 0) is 40.9 Å². The first-order valence-corrected chi connectivity index (χ1v) is 23.1. The highest BCUT2D eigenvalue weighted by Crippen LogP contribution is 2.42. The fourth-order valence-electron chi connectivity index (χ4n) is 9.69. The van der Waals surface area contributed by atoms with Crippen LogP contribution in [0.25, 0.3) is 43.8 Å². The molecule has 67 heavy (non-hydrogen) atoms. The number of hydrogen-bond acceptors (Lipinski definition) is 10. The quantitative estimate of drug-likeness (QED) is 0.0614. The molecule has 348 valence electrons. The van der Waals surface area contributed by atoms with Crippen LogP contribution in [0, 0.1) is 20.8 Å². The molecular formula is C50H54ClN9O7. The van der Waals surface area contributed by atoms with Crippen molar-refractivity contribution in [3.63, 3.8) is 0 Å². The predicted molar refractivity (Wildman–Crippen MR) is 256 cm³/mol. The summed E-state index contributed by atoms with van der Waals surface area (Å²) in [6, 6.07) is 21.0. The maximum atomic E-state index is 13.7. The van der Waals surface area contributed by atoms with Crippen LogP contribution in [0.5, 0.6) is 11.5 Å². The van der Waals surface area contributed by atoms with E-state index in [-0.39, 0.29) is 43.0 Å². The number of imide groups is 1. The second-order valence-corrected chi connectivity index (χ2v) is 17.8. The van der Waals surface area contributed by atoms with Gasteiger partial charge in [-0.1, -0.05) is 54.1 Å². The second kappa shape index (κ2) is 19.2. The van der Waals surface area contributed by atoms with E-state index in [4.69, 9.17) is 26.2 Å². The lowest BCUT2D eigenvalue weighted by Crippen LogP contribution is -2.50. The van der Waals surface area contributed by atoms with Crippen LogP contribution in [0.2, 0.25) is 5.02 Å². The van der Waals surface area contributed by atoms with E-state index in [0.29, 0.717) is 87.0 Å². The first-order chi connectivity index (χ1) is 32.4. The molecule has 3 amide bonds. The van der Waals surface area contributed by atoms with Gasteiger partial charge in [-0.15, -0.1) is 0 Å². The van der Waals surface area contributed by atoms with Crippen molar-refractivity contribution in [2.24, 2.45) is 7.05 Å². The Balaban J connectivity index is 0.901. The summed E-state index contributed by atoms with van der Waals surface area (Å²) in [5.41, 5.74) is 7.26. The van der Waals surface area contributed by atoms with E-state index in [0.717, 1.165) is 66.8 Å². The summed E-state index contributed by atoms with van der Waals surface area (Å²) in [5.74, 6) is 0.145. The summed E-state index contributed by atoms with van der Waals surface area (Å²) in [6.07, 6.45) is 1.69. The summed E-state index contributed by atoms with van der Waals surface area (Å²) in [4.78, 5) is 63.2. The number of nitrogens with zero attached hydrogens (tertiary/aromatic N) is 6. The molecule has 2 saturated heterocycles. The van der Waals surface area contributed by atoms with Crippen LogP contribution < -0.4 is 20.1 Å². The molecule has 2 fully saturated rings. The Morgan fingerprint density at radius 1 is 0.896 bits per heavy atom. The monoisotopic (exact) mass is 927 g/mol. The van der Waals surface area contributed by atoms with Crippen LogP contribution in [0.1, 0.15) is 58.1 Å². The van der Waals surface area contributed by atoms with E-state index in [1.807, 2.05) is 85.6 Å². The van der Waals surface area contributed by atoms with E-state index in [1.165, 1.54) is 0 Å². The molecule has 16 nitrogen and oxygen atoms in total. The SMILES string of the molecule is Cc1nc2c(CNC3CCC(=O)NC3=O)c(OCC(=O)N3CCN(CCn4c(C(=O)O)c(CCCOc5cccc6ccccc56)c5ccc(Cl)c(-c6c(C)nn(C)c6C)c54)CC3)ccc2[nH]1. The largest absolute Gasteiger partial charge is 0.493 e. The Hall–Kier alpha value is -6.75. The van der Waals surface area contributed by atoms with E-state index >= 15 is 0 Å². The van der Waals surface area contributed by atoms with Gasteiger partial charge in [0.05, 0.1) is 39.9 Å². The Morgan fingerprint density at radius 3 is 2.45 bits per heavy atom. The van der Waals surface area contributed by atoms with Crippen LogP contribution in [-0.4, -0.2) is 115 Å². The maximum Gasteiger partial charge on any atom is 0.352 e. The third-order valence-corrected chi connectivity index (χ3v) is 13.4. The molecule has 0 saturated carbocycles. The van der Waals surface area contributed by atoms with E-state index in [2.05, 4.69) is 37.6 Å². The molecule has 2 aliphatic rings. The lowest BCUT2D eigenvalue weighted by atomic mass is 9.98. The number of aromatic nitrogens is 5. The molecule has 4 N–H and O–H groups in total. The number of carboxylic acids is 1. The minimum absolute atomic E-state index is 0.165. The Kier molecular flexibility index (Phi) is 13.0. The Bertz CT molecular complexity index is 3050. The average Bonchev–Trinajstić information content (AvgIpc) is 3.94. The van der Waals surface area contributed by atoms with E-state index < -0.39 is 12.0 Å². The van der Waals surface area contributed by atoms with Crippen LogP contribution >= 0.6 is 11.6 Å². The molecule has 17 heteroatoms. The number of hydrogen-bond donors (Lipinski definition) is 4. The number of carboxylic acid groups (broad SMARTS) is 1.